The van der Waals surface area contributed by atoms with Crippen LogP contribution in [0.15, 0.2) is 60.7 Å². The Labute approximate surface area is 165 Å². The van der Waals surface area contributed by atoms with Crippen molar-refractivity contribution in [1.82, 2.24) is 14.8 Å². The average molecular weight is 380 g/mol. The Kier molecular flexibility index (Phi) is 6.37. The van der Waals surface area contributed by atoms with E-state index in [4.69, 9.17) is 0 Å². The summed E-state index contributed by atoms with van der Waals surface area (Å²) in [5, 5.41) is 0.892. The summed E-state index contributed by atoms with van der Waals surface area (Å²) >= 11 is 1.48. The molecule has 3 rings (SSSR count). The zero-order valence-electron chi connectivity index (χ0n) is 16.1. The molecule has 1 heterocycles. The standard InChI is InChI=1S/C22H25N3OS/c1-17-20(27-21(23-17)19-12-8-5-9-13-19)22(26)25(15-14-24(2)3)16-18-10-6-4-7-11-18/h4-13H,14-16H2,1-3H3. The van der Waals surface area contributed by atoms with Crippen molar-refractivity contribution in [2.24, 2.45) is 0 Å². The van der Waals surface area contributed by atoms with Gasteiger partial charge < -0.3 is 9.80 Å². The molecule has 0 spiro atoms. The lowest BCUT2D eigenvalue weighted by Crippen LogP contribution is -2.36. The highest BCUT2D eigenvalue weighted by Crippen LogP contribution is 2.29. The predicted molar refractivity (Wildman–Crippen MR) is 112 cm³/mol. The van der Waals surface area contributed by atoms with Gasteiger partial charge in [-0.1, -0.05) is 60.7 Å². The monoisotopic (exact) mass is 379 g/mol. The molecule has 0 atom stereocenters. The van der Waals surface area contributed by atoms with E-state index in [2.05, 4.69) is 22.0 Å². The number of hydrogen-bond acceptors (Lipinski definition) is 4. The third-order valence-corrected chi connectivity index (χ3v) is 5.53. The molecule has 140 valence electrons. The van der Waals surface area contributed by atoms with Gasteiger partial charge in [0, 0.05) is 25.2 Å². The van der Waals surface area contributed by atoms with Gasteiger partial charge in [0.05, 0.1) is 5.69 Å². The van der Waals surface area contributed by atoms with Crippen LogP contribution in [0.5, 0.6) is 0 Å². The van der Waals surface area contributed by atoms with Crippen LogP contribution < -0.4 is 0 Å². The smallest absolute Gasteiger partial charge is 0.266 e. The van der Waals surface area contributed by atoms with Crippen LogP contribution in [0.3, 0.4) is 0 Å². The van der Waals surface area contributed by atoms with E-state index < -0.39 is 0 Å². The summed E-state index contributed by atoms with van der Waals surface area (Å²) in [6.45, 7) is 4.02. The normalized spacial score (nSPS) is 11.0. The first kappa shape index (κ1) is 19.3. The van der Waals surface area contributed by atoms with Gasteiger partial charge in [-0.15, -0.1) is 11.3 Å². The van der Waals surface area contributed by atoms with Crippen molar-refractivity contribution >= 4 is 17.2 Å². The summed E-state index contributed by atoms with van der Waals surface area (Å²) in [5.74, 6) is 0.0536. The van der Waals surface area contributed by atoms with Crippen LogP contribution in [0, 0.1) is 6.92 Å². The third kappa shape index (κ3) is 5.02. The molecule has 3 aromatic rings. The Hall–Kier alpha value is -2.50. The molecule has 27 heavy (non-hydrogen) atoms. The molecule has 0 saturated heterocycles. The van der Waals surface area contributed by atoms with E-state index in [1.807, 2.05) is 74.4 Å². The van der Waals surface area contributed by atoms with Gasteiger partial charge in [-0.3, -0.25) is 4.79 Å². The van der Waals surface area contributed by atoms with Crippen LogP contribution in [0.1, 0.15) is 20.9 Å². The molecule has 5 heteroatoms. The molecule has 4 nitrogen and oxygen atoms in total. The van der Waals surface area contributed by atoms with Gasteiger partial charge in [0.2, 0.25) is 0 Å². The van der Waals surface area contributed by atoms with Crippen LogP contribution in [0.25, 0.3) is 10.6 Å². The number of nitrogens with zero attached hydrogens (tertiary/aromatic N) is 3. The molecular formula is C22H25N3OS. The lowest BCUT2D eigenvalue weighted by molar-refractivity contribution is 0.0736. The van der Waals surface area contributed by atoms with Crippen molar-refractivity contribution in [2.75, 3.05) is 27.2 Å². The molecule has 1 amide bonds. The molecular weight excluding hydrogens is 354 g/mol. The fourth-order valence-electron chi connectivity index (χ4n) is 2.82. The highest BCUT2D eigenvalue weighted by atomic mass is 32.1. The highest BCUT2D eigenvalue weighted by molar-refractivity contribution is 7.17. The summed E-state index contributed by atoms with van der Waals surface area (Å²) in [5.41, 5.74) is 2.98. The van der Waals surface area contributed by atoms with Gasteiger partial charge in [-0.05, 0) is 26.6 Å². The quantitative estimate of drug-likeness (QED) is 0.613. The Bertz CT molecular complexity index is 875. The van der Waals surface area contributed by atoms with Gasteiger partial charge in [-0.25, -0.2) is 4.98 Å². The number of hydrogen-bond donors (Lipinski definition) is 0. The molecule has 0 unspecified atom stereocenters. The number of aryl methyl sites for hydroxylation is 1. The van der Waals surface area contributed by atoms with E-state index in [9.17, 15) is 4.79 Å². The van der Waals surface area contributed by atoms with Gasteiger partial charge >= 0.3 is 0 Å². The number of carbonyl (C=O) groups excluding carboxylic acids is 1. The zero-order valence-corrected chi connectivity index (χ0v) is 16.9. The fourth-order valence-corrected chi connectivity index (χ4v) is 3.86. The number of carbonyl (C=O) groups is 1. The molecule has 0 aliphatic carbocycles. The summed E-state index contributed by atoms with van der Waals surface area (Å²) < 4.78 is 0. The Balaban J connectivity index is 1.85. The van der Waals surface area contributed by atoms with E-state index in [1.165, 1.54) is 11.3 Å². The second kappa shape index (κ2) is 8.93. The largest absolute Gasteiger partial charge is 0.332 e. The molecule has 2 aromatic carbocycles. The van der Waals surface area contributed by atoms with Crippen LogP contribution in [0.4, 0.5) is 0 Å². The zero-order chi connectivity index (χ0) is 19.2. The number of benzene rings is 2. The molecule has 0 aliphatic rings. The van der Waals surface area contributed by atoms with E-state index in [-0.39, 0.29) is 5.91 Å². The van der Waals surface area contributed by atoms with Crippen LogP contribution in [0.2, 0.25) is 0 Å². The first-order valence-electron chi connectivity index (χ1n) is 9.05. The van der Waals surface area contributed by atoms with Crippen LogP contribution in [-0.2, 0) is 6.54 Å². The second-order valence-electron chi connectivity index (χ2n) is 6.82. The van der Waals surface area contributed by atoms with Crippen molar-refractivity contribution in [1.29, 1.82) is 0 Å². The summed E-state index contributed by atoms with van der Waals surface area (Å²) in [4.78, 5) is 22.7. The Morgan fingerprint density at radius 1 is 0.963 bits per heavy atom. The fraction of sp³-hybridized carbons (Fsp3) is 0.273. The molecule has 0 bridgehead atoms. The average Bonchev–Trinajstić information content (AvgIpc) is 3.07. The lowest BCUT2D eigenvalue weighted by Gasteiger charge is -2.24. The van der Waals surface area contributed by atoms with Crippen molar-refractivity contribution < 1.29 is 4.79 Å². The van der Waals surface area contributed by atoms with E-state index in [1.54, 1.807) is 0 Å². The van der Waals surface area contributed by atoms with Gasteiger partial charge in [-0.2, -0.15) is 0 Å². The Morgan fingerprint density at radius 2 is 1.59 bits per heavy atom. The number of likely N-dealkylation sites (N-methyl/N-ethyl adjacent to an activating group) is 1. The maximum Gasteiger partial charge on any atom is 0.266 e. The third-order valence-electron chi connectivity index (χ3n) is 4.33. The SMILES string of the molecule is Cc1nc(-c2ccccc2)sc1C(=O)N(CCN(C)C)Cc1ccccc1. The van der Waals surface area contributed by atoms with Crippen molar-refractivity contribution in [3.05, 3.63) is 76.8 Å². The Morgan fingerprint density at radius 3 is 2.22 bits per heavy atom. The van der Waals surface area contributed by atoms with Gasteiger partial charge in [0.1, 0.15) is 9.88 Å². The first-order valence-corrected chi connectivity index (χ1v) is 9.87. The minimum atomic E-state index is 0.0536. The van der Waals surface area contributed by atoms with Crippen LogP contribution >= 0.6 is 11.3 Å². The molecule has 1 aromatic heterocycles. The van der Waals surface area contributed by atoms with E-state index in [0.717, 1.165) is 33.3 Å². The van der Waals surface area contributed by atoms with Crippen molar-refractivity contribution in [3.63, 3.8) is 0 Å². The highest BCUT2D eigenvalue weighted by Gasteiger charge is 2.22. The molecule has 0 aliphatic heterocycles. The number of aromatic nitrogens is 1. The van der Waals surface area contributed by atoms with E-state index >= 15 is 0 Å². The molecule has 0 radical (unpaired) electrons. The van der Waals surface area contributed by atoms with Crippen molar-refractivity contribution in [3.8, 4) is 10.6 Å². The number of amides is 1. The van der Waals surface area contributed by atoms with Crippen molar-refractivity contribution in [2.45, 2.75) is 13.5 Å². The first-order chi connectivity index (χ1) is 13.0. The summed E-state index contributed by atoms with van der Waals surface area (Å²) in [7, 11) is 4.05. The maximum atomic E-state index is 13.3. The maximum absolute atomic E-state index is 13.3. The molecule has 0 saturated carbocycles. The van der Waals surface area contributed by atoms with Gasteiger partial charge in [0.25, 0.3) is 5.91 Å². The summed E-state index contributed by atoms with van der Waals surface area (Å²) in [6, 6.07) is 20.2. The topological polar surface area (TPSA) is 36.4 Å². The lowest BCUT2D eigenvalue weighted by atomic mass is 10.2. The minimum Gasteiger partial charge on any atom is -0.332 e. The predicted octanol–water partition coefficient (Wildman–Crippen LogP) is 4.32. The number of thiazole rings is 1. The van der Waals surface area contributed by atoms with Crippen LogP contribution in [-0.4, -0.2) is 47.9 Å². The molecule has 0 N–H and O–H groups in total. The number of rotatable bonds is 7. The second-order valence-corrected chi connectivity index (χ2v) is 7.81. The summed E-state index contributed by atoms with van der Waals surface area (Å²) in [6.07, 6.45) is 0. The molecule has 0 fully saturated rings. The van der Waals surface area contributed by atoms with Gasteiger partial charge in [0.15, 0.2) is 0 Å². The van der Waals surface area contributed by atoms with E-state index in [0.29, 0.717) is 13.1 Å². The minimum absolute atomic E-state index is 0.0536.